The average Bonchev–Trinajstić information content (AvgIpc) is 2.68. The first-order valence-corrected chi connectivity index (χ1v) is 8.92. The molecule has 1 saturated carbocycles. The van der Waals surface area contributed by atoms with Crippen molar-refractivity contribution in [3.63, 3.8) is 0 Å². The van der Waals surface area contributed by atoms with Gasteiger partial charge in [-0.15, -0.1) is 0 Å². The van der Waals surface area contributed by atoms with E-state index in [1.165, 1.54) is 25.7 Å². The molecule has 0 spiro atoms. The zero-order valence-corrected chi connectivity index (χ0v) is 14.5. The average molecular weight is 302 g/mol. The third-order valence-corrected chi connectivity index (χ3v) is 6.87. The lowest BCUT2D eigenvalue weighted by atomic mass is 9.55. The first kappa shape index (κ1) is 15.8. The fourth-order valence-corrected chi connectivity index (χ4v) is 5.35. The number of carbonyl (C=O) groups is 1. The highest BCUT2D eigenvalue weighted by molar-refractivity contribution is 5.86. The first-order chi connectivity index (χ1) is 10.3. The minimum Gasteiger partial charge on any atom is -0.478 e. The third kappa shape index (κ3) is 2.35. The van der Waals surface area contributed by atoms with Gasteiger partial charge in [-0.2, -0.15) is 0 Å². The quantitative estimate of drug-likeness (QED) is 0.698. The van der Waals surface area contributed by atoms with Crippen LogP contribution in [0.2, 0.25) is 0 Å². The number of aliphatic carboxylic acids is 1. The van der Waals surface area contributed by atoms with Gasteiger partial charge in [0.2, 0.25) is 0 Å². The summed E-state index contributed by atoms with van der Waals surface area (Å²) in [6, 6.07) is 0. The number of rotatable bonds is 2. The molecule has 3 aliphatic rings. The van der Waals surface area contributed by atoms with Crippen LogP contribution in [0.5, 0.6) is 0 Å². The van der Waals surface area contributed by atoms with Gasteiger partial charge in [0.05, 0.1) is 0 Å². The molecular formula is C20H30O2. The number of carboxylic acid groups (broad SMARTS) is 1. The molecule has 0 aromatic carbocycles. The highest BCUT2D eigenvalue weighted by Crippen LogP contribution is 2.63. The molecule has 1 fully saturated rings. The molecule has 3 aliphatic carbocycles. The Kier molecular flexibility index (Phi) is 3.78. The second-order valence-corrected chi connectivity index (χ2v) is 8.64. The summed E-state index contributed by atoms with van der Waals surface area (Å²) >= 11 is 0. The largest absolute Gasteiger partial charge is 0.478 e. The number of hydrogen-bond acceptors (Lipinski definition) is 1. The smallest absolute Gasteiger partial charge is 0.331 e. The van der Waals surface area contributed by atoms with Gasteiger partial charge in [0.1, 0.15) is 0 Å². The normalized spacial score (nSPS) is 38.4. The lowest BCUT2D eigenvalue weighted by Gasteiger charge is -2.50. The van der Waals surface area contributed by atoms with E-state index >= 15 is 0 Å². The number of fused-ring (bicyclic) bond motifs is 3. The molecule has 0 heterocycles. The lowest BCUT2D eigenvalue weighted by Crippen LogP contribution is -2.39. The van der Waals surface area contributed by atoms with Crippen LogP contribution in [0.4, 0.5) is 0 Å². The van der Waals surface area contributed by atoms with Crippen molar-refractivity contribution >= 4 is 5.97 Å². The van der Waals surface area contributed by atoms with Crippen molar-refractivity contribution in [1.82, 2.24) is 0 Å². The highest BCUT2D eigenvalue weighted by atomic mass is 16.4. The zero-order chi connectivity index (χ0) is 16.1. The van der Waals surface area contributed by atoms with Crippen molar-refractivity contribution in [2.75, 3.05) is 0 Å². The zero-order valence-electron chi connectivity index (χ0n) is 14.5. The van der Waals surface area contributed by atoms with Crippen LogP contribution in [-0.4, -0.2) is 11.1 Å². The van der Waals surface area contributed by atoms with E-state index in [1.54, 1.807) is 11.1 Å². The monoisotopic (exact) mass is 302 g/mol. The molecule has 22 heavy (non-hydrogen) atoms. The molecule has 122 valence electrons. The molecule has 2 heteroatoms. The van der Waals surface area contributed by atoms with Crippen molar-refractivity contribution in [1.29, 1.82) is 0 Å². The number of hydrogen-bond donors (Lipinski definition) is 1. The van der Waals surface area contributed by atoms with Gasteiger partial charge in [0.15, 0.2) is 0 Å². The first-order valence-electron chi connectivity index (χ1n) is 8.92. The van der Waals surface area contributed by atoms with Crippen LogP contribution in [0.15, 0.2) is 22.8 Å². The van der Waals surface area contributed by atoms with E-state index < -0.39 is 5.97 Å². The van der Waals surface area contributed by atoms with E-state index in [4.69, 9.17) is 0 Å². The maximum absolute atomic E-state index is 11.4. The molecule has 0 radical (unpaired) electrons. The van der Waals surface area contributed by atoms with Gasteiger partial charge in [-0.1, -0.05) is 44.9 Å². The van der Waals surface area contributed by atoms with E-state index in [-0.39, 0.29) is 5.41 Å². The van der Waals surface area contributed by atoms with E-state index in [1.807, 2.05) is 6.08 Å². The number of carboxylic acids is 1. The maximum atomic E-state index is 11.4. The molecule has 3 unspecified atom stereocenters. The van der Waals surface area contributed by atoms with Gasteiger partial charge in [-0.25, -0.2) is 4.79 Å². The Labute approximate surface area is 134 Å². The summed E-state index contributed by atoms with van der Waals surface area (Å²) in [4.78, 5) is 11.4. The van der Waals surface area contributed by atoms with Gasteiger partial charge in [0, 0.05) is 5.57 Å². The Bertz CT molecular complexity index is 554. The predicted molar refractivity (Wildman–Crippen MR) is 89.6 cm³/mol. The van der Waals surface area contributed by atoms with Crippen LogP contribution in [0, 0.1) is 22.7 Å². The number of allylic oxidation sites excluding steroid dienone is 3. The van der Waals surface area contributed by atoms with Gasteiger partial charge < -0.3 is 5.11 Å². The van der Waals surface area contributed by atoms with Crippen molar-refractivity contribution in [2.24, 2.45) is 22.7 Å². The van der Waals surface area contributed by atoms with Crippen molar-refractivity contribution in [3.05, 3.63) is 22.8 Å². The minimum absolute atomic E-state index is 0.260. The fraction of sp³-hybridized carbons (Fsp3) is 0.750. The van der Waals surface area contributed by atoms with E-state index in [9.17, 15) is 9.90 Å². The molecule has 3 atom stereocenters. The Morgan fingerprint density at radius 3 is 2.59 bits per heavy atom. The van der Waals surface area contributed by atoms with Gasteiger partial charge in [-0.3, -0.25) is 0 Å². The van der Waals surface area contributed by atoms with Crippen molar-refractivity contribution < 1.29 is 9.90 Å². The van der Waals surface area contributed by atoms with E-state index in [0.29, 0.717) is 22.8 Å². The van der Waals surface area contributed by atoms with Crippen LogP contribution >= 0.6 is 0 Å². The molecule has 0 amide bonds. The molecule has 2 nitrogen and oxygen atoms in total. The summed E-state index contributed by atoms with van der Waals surface area (Å²) < 4.78 is 0. The van der Waals surface area contributed by atoms with Crippen LogP contribution < -0.4 is 0 Å². The Hall–Kier alpha value is -1.05. The Morgan fingerprint density at radius 2 is 1.95 bits per heavy atom. The second-order valence-electron chi connectivity index (χ2n) is 8.64. The van der Waals surface area contributed by atoms with Crippen LogP contribution in [0.25, 0.3) is 0 Å². The lowest BCUT2D eigenvalue weighted by molar-refractivity contribution is -0.132. The third-order valence-electron chi connectivity index (χ3n) is 6.87. The van der Waals surface area contributed by atoms with Gasteiger partial charge in [0.25, 0.3) is 0 Å². The summed E-state index contributed by atoms with van der Waals surface area (Å²) in [5, 5.41) is 9.38. The molecule has 3 rings (SSSR count). The summed E-state index contributed by atoms with van der Waals surface area (Å²) in [7, 11) is 0. The second kappa shape index (κ2) is 5.25. The molecule has 1 N–H and O–H groups in total. The molecule has 0 aromatic rings. The molecule has 0 aromatic heterocycles. The SMILES string of the molecule is CC(C)C1=C2C3CCC(C(=O)O)=CCC3(C)CCC2(C)CC1. The van der Waals surface area contributed by atoms with Gasteiger partial charge in [-0.05, 0) is 67.6 Å². The summed E-state index contributed by atoms with van der Waals surface area (Å²) in [6.07, 6.45) is 9.81. The standard InChI is InChI=1S/C20H30O2/c1-13(2)15-8-10-20(4)12-11-19(3)9-7-14(18(21)22)5-6-16(19)17(15)20/h7,13,16H,5-6,8-12H2,1-4H3,(H,21,22). The maximum Gasteiger partial charge on any atom is 0.331 e. The van der Waals surface area contributed by atoms with E-state index in [2.05, 4.69) is 27.7 Å². The molecule has 0 saturated heterocycles. The summed E-state index contributed by atoms with van der Waals surface area (Å²) in [6.45, 7) is 9.53. The van der Waals surface area contributed by atoms with Crippen molar-refractivity contribution in [3.8, 4) is 0 Å². The summed E-state index contributed by atoms with van der Waals surface area (Å²) in [5.41, 5.74) is 4.71. The predicted octanol–water partition coefficient (Wildman–Crippen LogP) is 5.35. The van der Waals surface area contributed by atoms with Crippen LogP contribution in [0.1, 0.15) is 72.6 Å². The van der Waals surface area contributed by atoms with E-state index in [0.717, 1.165) is 19.3 Å². The fourth-order valence-electron chi connectivity index (χ4n) is 5.35. The molecular weight excluding hydrogens is 272 g/mol. The van der Waals surface area contributed by atoms with Gasteiger partial charge >= 0.3 is 5.97 Å². The highest BCUT2D eigenvalue weighted by Gasteiger charge is 2.51. The van der Waals surface area contributed by atoms with Crippen LogP contribution in [-0.2, 0) is 4.79 Å². The Morgan fingerprint density at radius 1 is 1.23 bits per heavy atom. The Balaban J connectivity index is 2.02. The van der Waals surface area contributed by atoms with Crippen LogP contribution in [0.3, 0.4) is 0 Å². The van der Waals surface area contributed by atoms with Crippen molar-refractivity contribution in [2.45, 2.75) is 72.6 Å². The molecule has 0 bridgehead atoms. The molecule has 0 aliphatic heterocycles. The minimum atomic E-state index is -0.713. The summed E-state index contributed by atoms with van der Waals surface area (Å²) in [5.74, 6) is 0.503. The topological polar surface area (TPSA) is 37.3 Å².